The van der Waals surface area contributed by atoms with Gasteiger partial charge in [0.15, 0.2) is 0 Å². The Balaban J connectivity index is 3.09. The number of cyclic esters (lactones) is 1. The maximum absolute atomic E-state index is 12.6. The number of hydrogen-bond acceptors (Lipinski definition) is 7. The van der Waals surface area contributed by atoms with Gasteiger partial charge >= 0.3 is 12.1 Å². The monoisotopic (exact) mass is 584 g/mol. The standard InChI is InChI=1S/C33H48N2O7/c1-23(2)20-31(38)35-19-18-25(4)21-26(5)30-22-24(3)12-8-6-10-14-29(42-33(34)40)28(37)17-16-27(36)13-9-7-11-15-32(39)41-30/h6,8,11-12,15-21,26-30,36-37H,7,9-10,13-14,22H2,1-5H3,(H2,34,40)(H,35,38)/b8-6+,15-11?,17-16+,19-18+,24-12+,25-21+/t26-,27+,28+,29+,30+/m0/s1. The summed E-state index contributed by atoms with van der Waals surface area (Å²) in [6.07, 6.45) is 17.3. The van der Waals surface area contributed by atoms with Gasteiger partial charge in [-0.3, -0.25) is 4.79 Å². The van der Waals surface area contributed by atoms with Gasteiger partial charge in [0.05, 0.1) is 6.10 Å². The summed E-state index contributed by atoms with van der Waals surface area (Å²) < 4.78 is 10.9. The van der Waals surface area contributed by atoms with Crippen LogP contribution in [-0.4, -0.2) is 52.6 Å². The number of ether oxygens (including phenoxy) is 2. The van der Waals surface area contributed by atoms with E-state index >= 15 is 0 Å². The molecule has 5 atom stereocenters. The third kappa shape index (κ3) is 17.2. The average Bonchev–Trinajstić information content (AvgIpc) is 2.89. The van der Waals surface area contributed by atoms with Gasteiger partial charge in [-0.15, -0.1) is 0 Å². The van der Waals surface area contributed by atoms with E-state index in [4.69, 9.17) is 15.2 Å². The van der Waals surface area contributed by atoms with Crippen molar-refractivity contribution >= 4 is 18.0 Å². The van der Waals surface area contributed by atoms with Gasteiger partial charge in [0.2, 0.25) is 5.91 Å². The van der Waals surface area contributed by atoms with E-state index < -0.39 is 36.5 Å². The molecule has 0 aromatic rings. The van der Waals surface area contributed by atoms with Crippen molar-refractivity contribution in [3.63, 3.8) is 0 Å². The molecule has 0 unspecified atom stereocenters. The fourth-order valence-corrected chi connectivity index (χ4v) is 4.17. The van der Waals surface area contributed by atoms with Crippen LogP contribution in [0.2, 0.25) is 0 Å². The molecule has 42 heavy (non-hydrogen) atoms. The highest BCUT2D eigenvalue weighted by molar-refractivity contribution is 5.88. The number of nitrogens with one attached hydrogen (secondary N) is 1. The van der Waals surface area contributed by atoms with E-state index in [0.29, 0.717) is 38.5 Å². The van der Waals surface area contributed by atoms with Crippen LogP contribution in [0.15, 0.2) is 83.7 Å². The molecule has 9 heteroatoms. The van der Waals surface area contributed by atoms with Gasteiger partial charge < -0.3 is 30.7 Å². The van der Waals surface area contributed by atoms with Gasteiger partial charge in [0.25, 0.3) is 0 Å². The van der Waals surface area contributed by atoms with Crippen LogP contribution in [0.4, 0.5) is 4.79 Å². The molecular formula is C33H48N2O7. The van der Waals surface area contributed by atoms with Gasteiger partial charge in [-0.25, -0.2) is 9.59 Å². The first-order valence-electron chi connectivity index (χ1n) is 14.4. The van der Waals surface area contributed by atoms with Crippen molar-refractivity contribution < 1.29 is 34.1 Å². The lowest BCUT2D eigenvalue weighted by atomic mass is 9.95. The van der Waals surface area contributed by atoms with Crippen molar-refractivity contribution in [2.24, 2.45) is 11.7 Å². The smallest absolute Gasteiger partial charge is 0.404 e. The van der Waals surface area contributed by atoms with Crippen molar-refractivity contribution in [1.82, 2.24) is 5.32 Å². The van der Waals surface area contributed by atoms with Crippen molar-refractivity contribution in [2.45, 2.75) is 97.6 Å². The zero-order valence-electron chi connectivity index (χ0n) is 25.5. The van der Waals surface area contributed by atoms with Gasteiger partial charge in [-0.05, 0) is 65.9 Å². The number of aliphatic hydroxyl groups excluding tert-OH is 2. The van der Waals surface area contributed by atoms with Crippen LogP contribution < -0.4 is 11.1 Å². The lowest BCUT2D eigenvalue weighted by molar-refractivity contribution is -0.144. The number of carbonyl (C=O) groups is 3. The topological polar surface area (TPSA) is 148 Å². The van der Waals surface area contributed by atoms with E-state index in [-0.39, 0.29) is 11.8 Å². The highest BCUT2D eigenvalue weighted by Crippen LogP contribution is 2.21. The highest BCUT2D eigenvalue weighted by Gasteiger charge is 2.21. The third-order valence-electron chi connectivity index (χ3n) is 6.33. The summed E-state index contributed by atoms with van der Waals surface area (Å²) in [4.78, 5) is 35.8. The largest absolute Gasteiger partial charge is 0.458 e. The minimum atomic E-state index is -1.11. The normalized spacial score (nSPS) is 27.1. The Morgan fingerprint density at radius 1 is 1.14 bits per heavy atom. The summed E-state index contributed by atoms with van der Waals surface area (Å²) in [5.41, 5.74) is 7.98. The zero-order valence-corrected chi connectivity index (χ0v) is 25.5. The van der Waals surface area contributed by atoms with Crippen LogP contribution in [0.3, 0.4) is 0 Å². The molecule has 0 radical (unpaired) electrons. The Hall–Kier alpha value is -3.69. The SMILES string of the molecule is CC(C)=CC(=O)N/C=C/C(C)=C/[C@H](C)[C@H]1C/C(C)=C/C=C/CC[C@@H](OC(N)=O)[C@H](O)/C=C/[C@H](O)CCCC=CC(=O)O1. The number of aliphatic hydroxyl groups is 2. The van der Waals surface area contributed by atoms with Gasteiger partial charge in [-0.2, -0.15) is 0 Å². The van der Waals surface area contributed by atoms with Crippen molar-refractivity contribution in [2.75, 3.05) is 0 Å². The number of primary amides is 1. The Labute approximate surface area is 250 Å². The van der Waals surface area contributed by atoms with Crippen LogP contribution >= 0.6 is 0 Å². The predicted octanol–water partition coefficient (Wildman–Crippen LogP) is 5.23. The van der Waals surface area contributed by atoms with Crippen molar-refractivity contribution in [3.05, 3.63) is 83.7 Å². The maximum Gasteiger partial charge on any atom is 0.404 e. The number of rotatable bonds is 6. The Bertz CT molecular complexity index is 1090. The van der Waals surface area contributed by atoms with E-state index in [1.165, 1.54) is 24.3 Å². The number of nitrogens with two attached hydrogens (primary N) is 1. The Kier molecular flexibility index (Phi) is 17.5. The van der Waals surface area contributed by atoms with Crippen LogP contribution in [0.5, 0.6) is 0 Å². The molecule has 0 bridgehead atoms. The summed E-state index contributed by atoms with van der Waals surface area (Å²) >= 11 is 0. The second-order valence-corrected chi connectivity index (χ2v) is 10.8. The van der Waals surface area contributed by atoms with Crippen LogP contribution in [0.25, 0.3) is 0 Å². The molecule has 9 nitrogen and oxygen atoms in total. The number of carbonyl (C=O) groups excluding carboxylic acids is 3. The van der Waals surface area contributed by atoms with Gasteiger partial charge in [0, 0.05) is 30.7 Å². The Morgan fingerprint density at radius 3 is 2.57 bits per heavy atom. The molecule has 1 aliphatic rings. The third-order valence-corrected chi connectivity index (χ3v) is 6.33. The maximum atomic E-state index is 12.6. The summed E-state index contributed by atoms with van der Waals surface area (Å²) in [5, 5.41) is 23.4. The van der Waals surface area contributed by atoms with E-state index in [0.717, 1.165) is 16.7 Å². The molecule has 0 aromatic heterocycles. The molecule has 0 aromatic carbocycles. The van der Waals surface area contributed by atoms with Crippen LogP contribution in [0.1, 0.15) is 73.1 Å². The molecule has 0 spiro atoms. The summed E-state index contributed by atoms with van der Waals surface area (Å²) in [5.74, 6) is -0.764. The molecule has 1 aliphatic heterocycles. The summed E-state index contributed by atoms with van der Waals surface area (Å²) in [7, 11) is 0. The number of amides is 2. The van der Waals surface area contributed by atoms with E-state index in [1.54, 1.807) is 18.4 Å². The zero-order chi connectivity index (χ0) is 31.5. The molecule has 0 fully saturated rings. The number of esters is 1. The highest BCUT2D eigenvalue weighted by atomic mass is 16.6. The first kappa shape index (κ1) is 36.3. The lowest BCUT2D eigenvalue weighted by Gasteiger charge is -2.22. The molecule has 232 valence electrons. The molecule has 1 heterocycles. The van der Waals surface area contributed by atoms with Gasteiger partial charge in [-0.1, -0.05) is 66.2 Å². The summed E-state index contributed by atoms with van der Waals surface area (Å²) in [6, 6.07) is 0. The van der Waals surface area contributed by atoms with Crippen molar-refractivity contribution in [1.29, 1.82) is 0 Å². The molecule has 0 aliphatic carbocycles. The van der Waals surface area contributed by atoms with E-state index in [1.807, 2.05) is 58.9 Å². The molecule has 0 saturated carbocycles. The Morgan fingerprint density at radius 2 is 1.88 bits per heavy atom. The lowest BCUT2D eigenvalue weighted by Crippen LogP contribution is -2.32. The number of allylic oxidation sites excluding steroid dienone is 7. The second kappa shape index (κ2) is 20.2. The molecule has 5 N–H and O–H groups in total. The molecular weight excluding hydrogens is 536 g/mol. The first-order valence-corrected chi connectivity index (χ1v) is 14.4. The van der Waals surface area contributed by atoms with Gasteiger partial charge in [0.1, 0.15) is 18.3 Å². The minimum absolute atomic E-state index is 0.124. The quantitative estimate of drug-likeness (QED) is 0.145. The number of hydrogen-bond donors (Lipinski definition) is 4. The molecule has 2 amide bonds. The molecule has 1 rings (SSSR count). The van der Waals surface area contributed by atoms with E-state index in [9.17, 15) is 24.6 Å². The fraction of sp³-hybridized carbons (Fsp3) is 0.485. The van der Waals surface area contributed by atoms with E-state index in [2.05, 4.69) is 5.32 Å². The first-order chi connectivity index (χ1) is 19.9. The van der Waals surface area contributed by atoms with Crippen molar-refractivity contribution in [3.8, 4) is 0 Å². The average molecular weight is 585 g/mol. The van der Waals surface area contributed by atoms with Crippen LogP contribution in [0, 0.1) is 5.92 Å². The molecule has 0 saturated heterocycles. The van der Waals surface area contributed by atoms with Crippen LogP contribution in [-0.2, 0) is 19.1 Å². The minimum Gasteiger partial charge on any atom is -0.458 e. The second-order valence-electron chi connectivity index (χ2n) is 10.8. The fourth-order valence-electron chi connectivity index (χ4n) is 4.17. The predicted molar refractivity (Wildman–Crippen MR) is 165 cm³/mol. The summed E-state index contributed by atoms with van der Waals surface area (Å²) in [6.45, 7) is 9.54.